The summed E-state index contributed by atoms with van der Waals surface area (Å²) in [5.74, 6) is 0. The van der Waals surface area contributed by atoms with Gasteiger partial charge in [-0.1, -0.05) is 0 Å². The lowest BCUT2D eigenvalue weighted by molar-refractivity contribution is 0.107. The summed E-state index contributed by atoms with van der Waals surface area (Å²) in [5, 5.41) is 3.11. The summed E-state index contributed by atoms with van der Waals surface area (Å²) in [7, 11) is 1.73. The molecule has 80 valence electrons. The third-order valence-corrected chi connectivity index (χ3v) is 3.07. The Bertz CT molecular complexity index is 238. The van der Waals surface area contributed by atoms with Crippen molar-refractivity contribution in [3.8, 4) is 0 Å². The number of aromatic nitrogens is 1. The number of methoxy groups -OCH3 is 1. The second-order valence-corrected chi connectivity index (χ2v) is 4.49. The quantitative estimate of drug-likeness (QED) is 0.786. The number of nitrogens with zero attached hydrogens (tertiary/aromatic N) is 1. The van der Waals surface area contributed by atoms with Gasteiger partial charge >= 0.3 is 0 Å². The summed E-state index contributed by atoms with van der Waals surface area (Å²) in [6, 6.07) is 0.207. The van der Waals surface area contributed by atoms with Crippen LogP contribution in [-0.4, -0.2) is 24.2 Å². The minimum atomic E-state index is 0.207. The predicted octanol–water partition coefficient (Wildman–Crippen LogP) is 1.83. The highest BCUT2D eigenvalue weighted by molar-refractivity contribution is 7.09. The first-order valence-electron chi connectivity index (χ1n) is 4.89. The van der Waals surface area contributed by atoms with E-state index in [1.165, 1.54) is 0 Å². The van der Waals surface area contributed by atoms with E-state index in [4.69, 9.17) is 10.5 Å². The molecule has 14 heavy (non-hydrogen) atoms. The fraction of sp³-hybridized carbons (Fsp3) is 0.700. The highest BCUT2D eigenvalue weighted by Crippen LogP contribution is 2.10. The van der Waals surface area contributed by atoms with Crippen molar-refractivity contribution in [1.82, 2.24) is 4.98 Å². The van der Waals surface area contributed by atoms with Crippen LogP contribution in [-0.2, 0) is 11.2 Å². The van der Waals surface area contributed by atoms with Gasteiger partial charge in [-0.05, 0) is 19.8 Å². The lowest BCUT2D eigenvalue weighted by atomic mass is 10.1. The van der Waals surface area contributed by atoms with Crippen LogP contribution in [0.5, 0.6) is 0 Å². The first-order valence-corrected chi connectivity index (χ1v) is 5.77. The minimum absolute atomic E-state index is 0.207. The Kier molecular flexibility index (Phi) is 5.07. The molecular formula is C10H18N2OS. The molecular weight excluding hydrogens is 196 g/mol. The summed E-state index contributed by atoms with van der Waals surface area (Å²) in [5.41, 5.74) is 5.98. The molecule has 0 aliphatic carbocycles. The topological polar surface area (TPSA) is 48.1 Å². The van der Waals surface area contributed by atoms with E-state index in [1.54, 1.807) is 18.4 Å². The van der Waals surface area contributed by atoms with Gasteiger partial charge in [0.1, 0.15) is 0 Å². The van der Waals surface area contributed by atoms with E-state index >= 15 is 0 Å². The molecule has 0 bridgehead atoms. The maximum Gasteiger partial charge on any atom is 0.0940 e. The highest BCUT2D eigenvalue weighted by Gasteiger charge is 2.08. The van der Waals surface area contributed by atoms with Crippen LogP contribution in [0.25, 0.3) is 0 Å². The average Bonchev–Trinajstić information content (AvgIpc) is 2.66. The highest BCUT2D eigenvalue weighted by atomic mass is 32.1. The van der Waals surface area contributed by atoms with Crippen molar-refractivity contribution in [2.24, 2.45) is 5.73 Å². The lowest BCUT2D eigenvalue weighted by Crippen LogP contribution is -2.24. The van der Waals surface area contributed by atoms with Gasteiger partial charge in [0.25, 0.3) is 0 Å². The molecule has 0 amide bonds. The number of thiazole rings is 1. The zero-order valence-corrected chi connectivity index (χ0v) is 9.59. The largest absolute Gasteiger partial charge is 0.382 e. The molecule has 2 atom stereocenters. The number of nitrogens with two attached hydrogens (primary N) is 1. The number of hydrogen-bond acceptors (Lipinski definition) is 4. The average molecular weight is 214 g/mol. The van der Waals surface area contributed by atoms with Crippen molar-refractivity contribution >= 4 is 11.3 Å². The monoisotopic (exact) mass is 214 g/mol. The van der Waals surface area contributed by atoms with Gasteiger partial charge in [-0.3, -0.25) is 0 Å². The van der Waals surface area contributed by atoms with Gasteiger partial charge in [0.05, 0.1) is 11.1 Å². The molecule has 0 fully saturated rings. The molecule has 2 N–H and O–H groups in total. The molecule has 1 rings (SSSR count). The maximum absolute atomic E-state index is 5.98. The van der Waals surface area contributed by atoms with Gasteiger partial charge in [-0.2, -0.15) is 0 Å². The Morgan fingerprint density at radius 2 is 2.36 bits per heavy atom. The third-order valence-electron chi connectivity index (χ3n) is 2.27. The molecule has 0 aliphatic heterocycles. The molecule has 1 aromatic heterocycles. The molecule has 3 nitrogen and oxygen atoms in total. The van der Waals surface area contributed by atoms with Crippen molar-refractivity contribution in [1.29, 1.82) is 0 Å². The van der Waals surface area contributed by atoms with Gasteiger partial charge < -0.3 is 10.5 Å². The van der Waals surface area contributed by atoms with E-state index in [1.807, 2.05) is 11.6 Å². The molecule has 0 spiro atoms. The second-order valence-electron chi connectivity index (χ2n) is 3.51. The first kappa shape index (κ1) is 11.6. The summed E-state index contributed by atoms with van der Waals surface area (Å²) in [4.78, 5) is 4.21. The van der Waals surface area contributed by atoms with Crippen molar-refractivity contribution < 1.29 is 4.74 Å². The SMILES string of the molecule is COC(C)CCC(N)Cc1nccs1. The Morgan fingerprint density at radius 1 is 1.57 bits per heavy atom. The fourth-order valence-corrected chi connectivity index (χ4v) is 1.96. The molecule has 1 aromatic rings. The number of rotatable bonds is 6. The standard InChI is InChI=1S/C10H18N2OS/c1-8(13-2)3-4-9(11)7-10-12-5-6-14-10/h5-6,8-9H,3-4,7,11H2,1-2H3. The van der Waals surface area contributed by atoms with Crippen molar-refractivity contribution in [3.05, 3.63) is 16.6 Å². The molecule has 0 saturated heterocycles. The Balaban J connectivity index is 2.19. The van der Waals surface area contributed by atoms with Crippen molar-refractivity contribution in [2.75, 3.05) is 7.11 Å². The summed E-state index contributed by atoms with van der Waals surface area (Å²) in [6.45, 7) is 2.07. The maximum atomic E-state index is 5.98. The smallest absolute Gasteiger partial charge is 0.0940 e. The van der Waals surface area contributed by atoms with Gasteiger partial charge in [-0.15, -0.1) is 11.3 Å². The Hall–Kier alpha value is -0.450. The lowest BCUT2D eigenvalue weighted by Gasteiger charge is -2.13. The van der Waals surface area contributed by atoms with Crippen molar-refractivity contribution in [3.63, 3.8) is 0 Å². The first-order chi connectivity index (χ1) is 6.72. The van der Waals surface area contributed by atoms with Crippen molar-refractivity contribution in [2.45, 2.75) is 38.3 Å². The molecule has 4 heteroatoms. The van der Waals surface area contributed by atoms with Crippen LogP contribution in [0.15, 0.2) is 11.6 Å². The van der Waals surface area contributed by atoms with Crippen LogP contribution in [0, 0.1) is 0 Å². The van der Waals surface area contributed by atoms with Gasteiger partial charge in [0.15, 0.2) is 0 Å². The fourth-order valence-electron chi connectivity index (χ4n) is 1.25. The van der Waals surface area contributed by atoms with Crippen LogP contribution >= 0.6 is 11.3 Å². The predicted molar refractivity (Wildman–Crippen MR) is 59.5 cm³/mol. The van der Waals surface area contributed by atoms with E-state index in [-0.39, 0.29) is 6.04 Å². The third kappa shape index (κ3) is 4.17. The zero-order valence-electron chi connectivity index (χ0n) is 8.77. The van der Waals surface area contributed by atoms with Gasteiger partial charge in [0, 0.05) is 31.1 Å². The number of ether oxygens (including phenoxy) is 1. The summed E-state index contributed by atoms with van der Waals surface area (Å²) >= 11 is 1.67. The zero-order chi connectivity index (χ0) is 10.4. The summed E-state index contributed by atoms with van der Waals surface area (Å²) < 4.78 is 5.17. The molecule has 0 saturated carbocycles. The molecule has 1 heterocycles. The minimum Gasteiger partial charge on any atom is -0.382 e. The van der Waals surface area contributed by atoms with Crippen LogP contribution in [0.4, 0.5) is 0 Å². The van der Waals surface area contributed by atoms with Crippen LogP contribution < -0.4 is 5.73 Å². The molecule has 0 aliphatic rings. The van der Waals surface area contributed by atoms with E-state index in [0.29, 0.717) is 6.10 Å². The molecule has 0 radical (unpaired) electrons. The Morgan fingerprint density at radius 3 is 2.93 bits per heavy atom. The van der Waals surface area contributed by atoms with E-state index in [0.717, 1.165) is 24.3 Å². The molecule has 0 aromatic carbocycles. The van der Waals surface area contributed by atoms with E-state index < -0.39 is 0 Å². The van der Waals surface area contributed by atoms with Crippen LogP contribution in [0.2, 0.25) is 0 Å². The number of hydrogen-bond donors (Lipinski definition) is 1. The van der Waals surface area contributed by atoms with Gasteiger partial charge in [-0.25, -0.2) is 4.98 Å². The molecule has 2 unspecified atom stereocenters. The Labute approximate surface area is 89.3 Å². The van der Waals surface area contributed by atoms with E-state index in [9.17, 15) is 0 Å². The van der Waals surface area contributed by atoms with Crippen LogP contribution in [0.1, 0.15) is 24.8 Å². The summed E-state index contributed by atoms with van der Waals surface area (Å²) in [6.07, 6.45) is 5.02. The van der Waals surface area contributed by atoms with E-state index in [2.05, 4.69) is 11.9 Å². The second kappa shape index (κ2) is 6.11. The normalized spacial score (nSPS) is 15.4. The van der Waals surface area contributed by atoms with Gasteiger partial charge in [0.2, 0.25) is 0 Å². The van der Waals surface area contributed by atoms with Crippen LogP contribution in [0.3, 0.4) is 0 Å².